The maximum atomic E-state index is 11.7. The molecule has 0 N–H and O–H groups in total. The topological polar surface area (TPSA) is 80.3 Å². The Labute approximate surface area is 122 Å². The lowest BCUT2D eigenvalue weighted by Crippen LogP contribution is -2.21. The van der Waals surface area contributed by atoms with E-state index in [4.69, 9.17) is 9.47 Å². The van der Waals surface area contributed by atoms with Crippen LogP contribution in [-0.2, 0) is 24.3 Å². The minimum absolute atomic E-state index is 0.206. The Balaban J connectivity index is 2.40. The monoisotopic (exact) mass is 298 g/mol. The van der Waals surface area contributed by atoms with Crippen LogP contribution in [0.5, 0.6) is 0 Å². The van der Waals surface area contributed by atoms with E-state index in [1.165, 1.54) is 7.11 Å². The van der Waals surface area contributed by atoms with Crippen molar-refractivity contribution >= 4 is 12.1 Å². The number of carbonyl (C=O) groups excluding carboxylic acids is 2. The van der Waals surface area contributed by atoms with E-state index in [2.05, 4.69) is 14.8 Å². The third kappa shape index (κ3) is 5.41. The molecule has 0 aliphatic rings. The van der Waals surface area contributed by atoms with Gasteiger partial charge in [-0.1, -0.05) is 12.1 Å². The molecular formula is C14H18O7. The fourth-order valence-electron chi connectivity index (χ4n) is 1.55. The van der Waals surface area contributed by atoms with Gasteiger partial charge in [-0.15, -0.1) is 0 Å². The van der Waals surface area contributed by atoms with Crippen LogP contribution in [0.4, 0.5) is 4.79 Å². The first-order valence-corrected chi connectivity index (χ1v) is 6.27. The van der Waals surface area contributed by atoms with Crippen molar-refractivity contribution in [2.24, 2.45) is 0 Å². The highest BCUT2D eigenvalue weighted by molar-refractivity contribution is 5.90. The number of rotatable bonds is 6. The maximum absolute atomic E-state index is 11.7. The first kappa shape index (κ1) is 16.9. The van der Waals surface area contributed by atoms with Crippen LogP contribution in [0.15, 0.2) is 18.2 Å². The Kier molecular flexibility index (Phi) is 6.64. The fourth-order valence-corrected chi connectivity index (χ4v) is 1.55. The maximum Gasteiger partial charge on any atom is 0.543 e. The van der Waals surface area contributed by atoms with Gasteiger partial charge < -0.3 is 9.47 Å². The Morgan fingerprint density at radius 3 is 2.57 bits per heavy atom. The van der Waals surface area contributed by atoms with Gasteiger partial charge in [-0.2, -0.15) is 0 Å². The summed E-state index contributed by atoms with van der Waals surface area (Å²) in [5.41, 5.74) is 2.00. The van der Waals surface area contributed by atoms with Crippen molar-refractivity contribution in [2.45, 2.75) is 26.9 Å². The fraction of sp³-hybridized carbons (Fsp3) is 0.429. The van der Waals surface area contributed by atoms with Crippen LogP contribution in [0.3, 0.4) is 0 Å². The highest BCUT2D eigenvalue weighted by Gasteiger charge is 2.16. The molecule has 1 unspecified atom stereocenters. The van der Waals surface area contributed by atoms with Gasteiger partial charge in [-0.3, -0.25) is 4.89 Å². The summed E-state index contributed by atoms with van der Waals surface area (Å²) in [5.74, 6) is -0.770. The molecule has 0 amide bonds. The number of benzene rings is 1. The molecule has 0 fully saturated rings. The summed E-state index contributed by atoms with van der Waals surface area (Å²) in [6, 6.07) is 5.14. The van der Waals surface area contributed by atoms with Crippen LogP contribution >= 0.6 is 0 Å². The molecule has 0 heterocycles. The van der Waals surface area contributed by atoms with Crippen LogP contribution in [0.2, 0.25) is 0 Å². The summed E-state index contributed by atoms with van der Waals surface area (Å²) >= 11 is 0. The van der Waals surface area contributed by atoms with E-state index >= 15 is 0 Å². The van der Waals surface area contributed by atoms with Crippen LogP contribution in [0.25, 0.3) is 0 Å². The van der Waals surface area contributed by atoms with E-state index in [0.717, 1.165) is 11.1 Å². The summed E-state index contributed by atoms with van der Waals surface area (Å²) in [4.78, 5) is 31.4. The van der Waals surface area contributed by atoms with Crippen LogP contribution in [0, 0.1) is 13.8 Å². The molecule has 0 spiro atoms. The second-order valence-electron chi connectivity index (χ2n) is 4.40. The van der Waals surface area contributed by atoms with Crippen molar-refractivity contribution < 1.29 is 33.9 Å². The van der Waals surface area contributed by atoms with E-state index < -0.39 is 18.2 Å². The average molecular weight is 298 g/mol. The van der Waals surface area contributed by atoms with Gasteiger partial charge in [0, 0.05) is 7.11 Å². The molecule has 21 heavy (non-hydrogen) atoms. The molecule has 1 atom stereocenters. The molecule has 1 aromatic carbocycles. The third-order valence-electron chi connectivity index (χ3n) is 2.74. The molecule has 0 saturated carbocycles. The van der Waals surface area contributed by atoms with Gasteiger partial charge in [0.1, 0.15) is 6.10 Å². The molecule has 0 aromatic heterocycles. The summed E-state index contributed by atoms with van der Waals surface area (Å²) < 4.78 is 9.49. The Morgan fingerprint density at radius 2 is 1.90 bits per heavy atom. The van der Waals surface area contributed by atoms with E-state index in [-0.39, 0.29) is 6.61 Å². The van der Waals surface area contributed by atoms with Crippen molar-refractivity contribution in [3.63, 3.8) is 0 Å². The van der Waals surface area contributed by atoms with Gasteiger partial charge in [0.2, 0.25) is 0 Å². The average Bonchev–Trinajstić information content (AvgIpc) is 2.41. The minimum atomic E-state index is -1.13. The Bertz CT molecular complexity index is 498. The second-order valence-corrected chi connectivity index (χ2v) is 4.40. The standard InChI is InChI=1S/C14H18O7/c1-9-6-5-7-12(11(9)3)13(15)19-21-20-14(16)18-10(2)8-17-4/h5-7,10H,8H2,1-4H3. The zero-order chi connectivity index (χ0) is 15.8. The molecule has 7 heteroatoms. The highest BCUT2D eigenvalue weighted by atomic mass is 17.5. The van der Waals surface area contributed by atoms with Crippen LogP contribution in [-0.4, -0.2) is 31.9 Å². The predicted octanol–water partition coefficient (Wildman–Crippen LogP) is 2.49. The van der Waals surface area contributed by atoms with Gasteiger partial charge in [0.05, 0.1) is 17.2 Å². The summed E-state index contributed by atoms with van der Waals surface area (Å²) in [7, 11) is 1.47. The summed E-state index contributed by atoms with van der Waals surface area (Å²) in [6.07, 6.45) is -1.64. The number of ether oxygens (including phenoxy) is 2. The minimum Gasteiger partial charge on any atom is -0.427 e. The van der Waals surface area contributed by atoms with Crippen molar-refractivity contribution in [1.82, 2.24) is 0 Å². The van der Waals surface area contributed by atoms with Gasteiger partial charge in [0.15, 0.2) is 0 Å². The van der Waals surface area contributed by atoms with Crippen LogP contribution < -0.4 is 0 Å². The number of hydrogen-bond donors (Lipinski definition) is 0. The largest absolute Gasteiger partial charge is 0.543 e. The lowest BCUT2D eigenvalue weighted by atomic mass is 10.0. The molecule has 7 nitrogen and oxygen atoms in total. The molecular weight excluding hydrogens is 280 g/mol. The molecule has 0 bridgehead atoms. The third-order valence-corrected chi connectivity index (χ3v) is 2.74. The second kappa shape index (κ2) is 8.23. The predicted molar refractivity (Wildman–Crippen MR) is 71.3 cm³/mol. The number of carbonyl (C=O) groups is 2. The Morgan fingerprint density at radius 1 is 1.19 bits per heavy atom. The molecule has 116 valence electrons. The zero-order valence-electron chi connectivity index (χ0n) is 12.4. The SMILES string of the molecule is COCC(C)OC(=O)OOOC(=O)c1cccc(C)c1C. The van der Waals surface area contributed by atoms with E-state index in [9.17, 15) is 9.59 Å². The molecule has 0 aliphatic heterocycles. The van der Waals surface area contributed by atoms with Crippen molar-refractivity contribution in [3.8, 4) is 0 Å². The van der Waals surface area contributed by atoms with E-state index in [1.807, 2.05) is 13.0 Å². The van der Waals surface area contributed by atoms with Gasteiger partial charge in [-0.25, -0.2) is 14.5 Å². The number of aryl methyl sites for hydroxylation is 1. The smallest absolute Gasteiger partial charge is 0.427 e. The van der Waals surface area contributed by atoms with Crippen molar-refractivity contribution in [2.75, 3.05) is 13.7 Å². The number of methoxy groups -OCH3 is 1. The first-order valence-electron chi connectivity index (χ1n) is 6.27. The van der Waals surface area contributed by atoms with E-state index in [1.54, 1.807) is 26.0 Å². The van der Waals surface area contributed by atoms with Gasteiger partial charge in [0.25, 0.3) is 0 Å². The normalized spacial score (nSPS) is 11.6. The zero-order valence-corrected chi connectivity index (χ0v) is 12.4. The molecule has 0 saturated heterocycles. The van der Waals surface area contributed by atoms with Crippen molar-refractivity contribution in [1.29, 1.82) is 0 Å². The molecule has 0 radical (unpaired) electrons. The van der Waals surface area contributed by atoms with Crippen LogP contribution in [0.1, 0.15) is 28.4 Å². The highest BCUT2D eigenvalue weighted by Crippen LogP contribution is 2.14. The molecule has 1 rings (SSSR count). The van der Waals surface area contributed by atoms with Gasteiger partial charge >= 0.3 is 12.1 Å². The van der Waals surface area contributed by atoms with E-state index in [0.29, 0.717) is 5.56 Å². The quantitative estimate of drug-likeness (QED) is 0.453. The van der Waals surface area contributed by atoms with Gasteiger partial charge in [-0.05, 0) is 38.0 Å². The molecule has 0 aliphatic carbocycles. The molecule has 1 aromatic rings. The lowest BCUT2D eigenvalue weighted by molar-refractivity contribution is -0.453. The number of hydrogen-bond acceptors (Lipinski definition) is 7. The Hall–Kier alpha value is -2.12. The lowest BCUT2D eigenvalue weighted by Gasteiger charge is -2.10. The first-order chi connectivity index (χ1) is 9.95. The summed E-state index contributed by atoms with van der Waals surface area (Å²) in [5, 5.41) is 4.12. The summed E-state index contributed by atoms with van der Waals surface area (Å²) in [6.45, 7) is 5.44. The van der Waals surface area contributed by atoms with Crippen molar-refractivity contribution in [3.05, 3.63) is 34.9 Å².